The maximum absolute atomic E-state index is 12.7. The third-order valence-corrected chi connectivity index (χ3v) is 5.79. The van der Waals surface area contributed by atoms with Crippen LogP contribution in [0.1, 0.15) is 12.8 Å². The van der Waals surface area contributed by atoms with Crippen molar-refractivity contribution in [1.29, 1.82) is 0 Å². The Hall–Kier alpha value is -2.08. The van der Waals surface area contributed by atoms with Crippen LogP contribution in [-0.2, 0) is 14.8 Å². The highest BCUT2D eigenvalue weighted by molar-refractivity contribution is 7.93. The molecule has 116 valence electrons. The number of benzene rings is 2. The monoisotopic (exact) mass is 318 g/mol. The molecule has 0 atom stereocenters. The van der Waals surface area contributed by atoms with E-state index >= 15 is 0 Å². The standard InChI is InChI=1S/C16H18N2O3S/c1-17(2)15(19)10-5-11-18-13-8-3-6-12-7-4-9-14(16(12)13)22(18,20)21/h3-4,6-9H,5,10-11H2,1-2H3. The number of sulfonamides is 1. The highest BCUT2D eigenvalue weighted by atomic mass is 32.2. The zero-order valence-corrected chi connectivity index (χ0v) is 13.4. The van der Waals surface area contributed by atoms with Gasteiger partial charge in [0.15, 0.2) is 0 Å². The number of hydrogen-bond acceptors (Lipinski definition) is 3. The van der Waals surface area contributed by atoms with Crippen LogP contribution in [0.5, 0.6) is 0 Å². The number of rotatable bonds is 4. The molecule has 1 heterocycles. The minimum absolute atomic E-state index is 0.00678. The first-order chi connectivity index (χ1) is 10.4. The van der Waals surface area contributed by atoms with Gasteiger partial charge in [-0.15, -0.1) is 0 Å². The fourth-order valence-electron chi connectivity index (χ4n) is 2.80. The lowest BCUT2D eigenvalue weighted by Gasteiger charge is -2.19. The van der Waals surface area contributed by atoms with Crippen LogP contribution in [0.3, 0.4) is 0 Å². The van der Waals surface area contributed by atoms with E-state index in [-0.39, 0.29) is 5.91 Å². The summed E-state index contributed by atoms with van der Waals surface area (Å²) in [4.78, 5) is 13.5. The molecule has 1 amide bonds. The first-order valence-corrected chi connectivity index (χ1v) is 8.61. The van der Waals surface area contributed by atoms with Crippen molar-refractivity contribution in [3.8, 4) is 0 Å². The molecule has 0 aliphatic carbocycles. The number of carbonyl (C=O) groups excluding carboxylic acids is 1. The summed E-state index contributed by atoms with van der Waals surface area (Å²) in [5.74, 6) is 0.00678. The molecule has 2 aromatic carbocycles. The van der Waals surface area contributed by atoms with Crippen LogP contribution in [0.4, 0.5) is 5.69 Å². The molecule has 1 aliphatic heterocycles. The van der Waals surface area contributed by atoms with E-state index in [1.807, 2.05) is 24.3 Å². The van der Waals surface area contributed by atoms with Crippen molar-refractivity contribution in [2.24, 2.45) is 0 Å². The Morgan fingerprint density at radius 2 is 1.82 bits per heavy atom. The van der Waals surface area contributed by atoms with Crippen molar-refractivity contribution in [2.75, 3.05) is 24.9 Å². The van der Waals surface area contributed by atoms with E-state index in [1.165, 1.54) is 9.21 Å². The van der Waals surface area contributed by atoms with Gasteiger partial charge in [0.25, 0.3) is 10.0 Å². The summed E-state index contributed by atoms with van der Waals surface area (Å²) >= 11 is 0. The smallest absolute Gasteiger partial charge is 0.265 e. The second kappa shape index (κ2) is 5.28. The molecule has 2 aromatic rings. The van der Waals surface area contributed by atoms with Crippen LogP contribution in [0.25, 0.3) is 10.8 Å². The summed E-state index contributed by atoms with van der Waals surface area (Å²) in [5, 5.41) is 1.70. The van der Waals surface area contributed by atoms with E-state index in [9.17, 15) is 13.2 Å². The van der Waals surface area contributed by atoms with E-state index < -0.39 is 10.0 Å². The summed E-state index contributed by atoms with van der Waals surface area (Å²) in [5.41, 5.74) is 0.713. The van der Waals surface area contributed by atoms with Crippen molar-refractivity contribution < 1.29 is 13.2 Å². The van der Waals surface area contributed by atoms with Gasteiger partial charge < -0.3 is 4.90 Å². The first-order valence-electron chi connectivity index (χ1n) is 7.17. The largest absolute Gasteiger partial charge is 0.349 e. The molecule has 0 fully saturated rings. The molecule has 6 heteroatoms. The second-order valence-electron chi connectivity index (χ2n) is 5.60. The van der Waals surface area contributed by atoms with E-state index in [2.05, 4.69) is 0 Å². The summed E-state index contributed by atoms with van der Waals surface area (Å²) in [7, 11) is -0.108. The zero-order valence-electron chi connectivity index (χ0n) is 12.6. The van der Waals surface area contributed by atoms with Gasteiger partial charge >= 0.3 is 0 Å². The van der Waals surface area contributed by atoms with Crippen LogP contribution in [0.2, 0.25) is 0 Å². The van der Waals surface area contributed by atoms with E-state index in [0.717, 1.165) is 10.8 Å². The molecular weight excluding hydrogens is 300 g/mol. The minimum atomic E-state index is -3.51. The van der Waals surface area contributed by atoms with Gasteiger partial charge in [0.1, 0.15) is 0 Å². The van der Waals surface area contributed by atoms with Crippen molar-refractivity contribution >= 4 is 32.4 Å². The average molecular weight is 318 g/mol. The fraction of sp³-hybridized carbons (Fsp3) is 0.312. The molecule has 1 aliphatic rings. The first kappa shape index (κ1) is 14.8. The molecule has 0 saturated heterocycles. The summed E-state index contributed by atoms with van der Waals surface area (Å²) in [6.45, 7) is 0.315. The molecule has 0 radical (unpaired) electrons. The zero-order chi connectivity index (χ0) is 15.9. The Morgan fingerprint density at radius 3 is 2.50 bits per heavy atom. The van der Waals surface area contributed by atoms with Crippen LogP contribution in [0.15, 0.2) is 41.3 Å². The maximum Gasteiger partial charge on any atom is 0.265 e. The Balaban J connectivity index is 1.91. The molecule has 3 rings (SSSR count). The Bertz CT molecular complexity index is 838. The number of nitrogens with zero attached hydrogens (tertiary/aromatic N) is 2. The molecule has 0 saturated carbocycles. The van der Waals surface area contributed by atoms with E-state index in [4.69, 9.17) is 0 Å². The molecule has 5 nitrogen and oxygen atoms in total. The van der Waals surface area contributed by atoms with Crippen LogP contribution in [0, 0.1) is 0 Å². The lowest BCUT2D eigenvalue weighted by Crippen LogP contribution is -2.29. The number of amides is 1. The van der Waals surface area contributed by atoms with Gasteiger partial charge in [-0.25, -0.2) is 8.42 Å². The van der Waals surface area contributed by atoms with Crippen LogP contribution < -0.4 is 4.31 Å². The Morgan fingerprint density at radius 1 is 1.14 bits per heavy atom. The topological polar surface area (TPSA) is 57.7 Å². The molecule has 0 spiro atoms. The van der Waals surface area contributed by atoms with Gasteiger partial charge in [0.05, 0.1) is 10.6 Å². The molecule has 0 N–H and O–H groups in total. The second-order valence-corrected chi connectivity index (χ2v) is 7.43. The minimum Gasteiger partial charge on any atom is -0.349 e. The van der Waals surface area contributed by atoms with Crippen molar-refractivity contribution in [2.45, 2.75) is 17.7 Å². The SMILES string of the molecule is CN(C)C(=O)CCCN1c2cccc3cccc(c23)S1(=O)=O. The maximum atomic E-state index is 12.7. The summed E-state index contributed by atoms with van der Waals surface area (Å²) in [6, 6.07) is 10.9. The van der Waals surface area contributed by atoms with Gasteiger partial charge in [-0.1, -0.05) is 24.3 Å². The van der Waals surface area contributed by atoms with Gasteiger partial charge in [-0.3, -0.25) is 9.10 Å². The summed E-state index contributed by atoms with van der Waals surface area (Å²) in [6.07, 6.45) is 0.839. The predicted molar refractivity (Wildman–Crippen MR) is 86.4 cm³/mol. The lowest BCUT2D eigenvalue weighted by atomic mass is 10.1. The van der Waals surface area contributed by atoms with Crippen molar-refractivity contribution in [3.05, 3.63) is 36.4 Å². The highest BCUT2D eigenvalue weighted by Gasteiger charge is 2.34. The highest BCUT2D eigenvalue weighted by Crippen LogP contribution is 2.41. The van der Waals surface area contributed by atoms with Gasteiger partial charge in [-0.05, 0) is 23.9 Å². The van der Waals surface area contributed by atoms with E-state index in [1.54, 1.807) is 26.2 Å². The van der Waals surface area contributed by atoms with Crippen molar-refractivity contribution in [3.63, 3.8) is 0 Å². The normalized spacial score (nSPS) is 15.3. The number of hydrogen-bond donors (Lipinski definition) is 0. The molecule has 0 bridgehead atoms. The molecule has 22 heavy (non-hydrogen) atoms. The Kier molecular flexibility index (Phi) is 3.56. The van der Waals surface area contributed by atoms with Gasteiger partial charge in [0, 0.05) is 32.4 Å². The predicted octanol–water partition coefficient (Wildman–Crippen LogP) is 2.22. The van der Waals surface area contributed by atoms with Crippen LogP contribution in [-0.4, -0.2) is 39.9 Å². The molecular formula is C16H18N2O3S. The number of anilines is 1. The molecule has 0 aromatic heterocycles. The Labute approximate surface area is 130 Å². The van der Waals surface area contributed by atoms with Gasteiger partial charge in [0.2, 0.25) is 5.91 Å². The van der Waals surface area contributed by atoms with Gasteiger partial charge in [-0.2, -0.15) is 0 Å². The summed E-state index contributed by atoms with van der Waals surface area (Å²) < 4.78 is 26.8. The number of carbonyl (C=O) groups is 1. The fourth-order valence-corrected chi connectivity index (χ4v) is 4.55. The van der Waals surface area contributed by atoms with Crippen molar-refractivity contribution in [1.82, 2.24) is 4.90 Å². The van der Waals surface area contributed by atoms with Crippen LogP contribution >= 0.6 is 0 Å². The van der Waals surface area contributed by atoms with E-state index in [0.29, 0.717) is 30.0 Å². The molecule has 0 unspecified atom stereocenters. The lowest BCUT2D eigenvalue weighted by molar-refractivity contribution is -0.128. The quantitative estimate of drug-likeness (QED) is 0.868. The average Bonchev–Trinajstić information content (AvgIpc) is 2.70. The third-order valence-electron chi connectivity index (χ3n) is 3.93. The third kappa shape index (κ3) is 2.23.